The highest BCUT2D eigenvalue weighted by molar-refractivity contribution is 6.05. The first-order chi connectivity index (χ1) is 12.5. The quantitative estimate of drug-likeness (QED) is 0.751. The van der Waals surface area contributed by atoms with Crippen LogP contribution in [-0.2, 0) is 0 Å². The van der Waals surface area contributed by atoms with Gasteiger partial charge < -0.3 is 10.0 Å². The summed E-state index contributed by atoms with van der Waals surface area (Å²) >= 11 is 0. The lowest BCUT2D eigenvalue weighted by Gasteiger charge is -2.32. The van der Waals surface area contributed by atoms with Gasteiger partial charge in [-0.3, -0.25) is 14.6 Å². The van der Waals surface area contributed by atoms with Crippen LogP contribution in [-0.4, -0.2) is 55.0 Å². The Labute approximate surface area is 149 Å². The highest BCUT2D eigenvalue weighted by Crippen LogP contribution is 2.26. The van der Waals surface area contributed by atoms with Gasteiger partial charge in [-0.1, -0.05) is 0 Å². The Bertz CT molecular complexity index is 982. The van der Waals surface area contributed by atoms with Crippen molar-refractivity contribution in [3.05, 3.63) is 47.4 Å². The number of nitrogens with one attached hydrogen (secondary N) is 1. The molecule has 0 spiro atoms. The number of hydrogen-bond acceptors (Lipinski definition) is 4. The molecular weight excluding hydrogens is 334 g/mol. The third kappa shape index (κ3) is 2.83. The topological polar surface area (TPSA) is 104 Å². The Hall–Kier alpha value is -3.16. The number of carboxylic acids is 1. The Morgan fingerprint density at radius 2 is 2.00 bits per heavy atom. The summed E-state index contributed by atoms with van der Waals surface area (Å²) in [6, 6.07) is 4.00. The molecule has 0 radical (unpaired) electrons. The molecule has 134 valence electrons. The normalized spacial score (nSPS) is 15.5. The van der Waals surface area contributed by atoms with E-state index in [9.17, 15) is 9.59 Å². The molecule has 0 atom stereocenters. The average Bonchev–Trinajstić information content (AvgIpc) is 3.30. The van der Waals surface area contributed by atoms with Crippen LogP contribution >= 0.6 is 0 Å². The Balaban J connectivity index is 1.49. The minimum atomic E-state index is -0.980. The van der Waals surface area contributed by atoms with E-state index in [1.807, 2.05) is 24.0 Å². The fourth-order valence-electron chi connectivity index (χ4n) is 3.53. The van der Waals surface area contributed by atoms with E-state index in [1.165, 1.54) is 6.20 Å². The third-order valence-corrected chi connectivity index (χ3v) is 4.90. The summed E-state index contributed by atoms with van der Waals surface area (Å²) in [6.45, 7) is 3.18. The van der Waals surface area contributed by atoms with Crippen molar-refractivity contribution >= 4 is 22.8 Å². The standard InChI is InChI=1S/C18H19N5O3/c1-11-6-12-8-19-21-16(12)15(7-11)17(24)22-4-2-14(3-5-22)23-10-13(9-20-23)18(25)26/h6-10,14H,2-5H2,1H3,(H,19,21)(H,25,26). The number of rotatable bonds is 3. The highest BCUT2D eigenvalue weighted by Gasteiger charge is 2.26. The lowest BCUT2D eigenvalue weighted by atomic mass is 10.0. The van der Waals surface area contributed by atoms with Gasteiger partial charge in [0, 0.05) is 24.7 Å². The number of amides is 1. The molecule has 1 aliphatic rings. The number of piperidine rings is 1. The molecule has 2 N–H and O–H groups in total. The maximum Gasteiger partial charge on any atom is 0.338 e. The van der Waals surface area contributed by atoms with Gasteiger partial charge in [0.1, 0.15) is 0 Å². The molecule has 1 aromatic carbocycles. The molecule has 1 aliphatic heterocycles. The third-order valence-electron chi connectivity index (χ3n) is 4.90. The Morgan fingerprint density at radius 1 is 1.23 bits per heavy atom. The first-order valence-corrected chi connectivity index (χ1v) is 8.53. The van der Waals surface area contributed by atoms with E-state index in [-0.39, 0.29) is 17.5 Å². The number of aromatic carboxylic acids is 1. The zero-order chi connectivity index (χ0) is 18.3. The Morgan fingerprint density at radius 3 is 2.69 bits per heavy atom. The predicted molar refractivity (Wildman–Crippen MR) is 94.2 cm³/mol. The van der Waals surface area contributed by atoms with Crippen LogP contribution in [0.5, 0.6) is 0 Å². The highest BCUT2D eigenvalue weighted by atomic mass is 16.4. The summed E-state index contributed by atoms with van der Waals surface area (Å²) < 4.78 is 1.70. The van der Waals surface area contributed by atoms with Crippen LogP contribution < -0.4 is 0 Å². The molecule has 26 heavy (non-hydrogen) atoms. The van der Waals surface area contributed by atoms with Crippen LogP contribution in [0.1, 0.15) is 45.2 Å². The maximum absolute atomic E-state index is 13.0. The predicted octanol–water partition coefficient (Wildman–Crippen LogP) is 2.24. The van der Waals surface area contributed by atoms with Crippen LogP contribution in [0.4, 0.5) is 0 Å². The number of aromatic amines is 1. The monoisotopic (exact) mass is 353 g/mol. The van der Waals surface area contributed by atoms with Gasteiger partial charge in [-0.2, -0.15) is 10.2 Å². The number of H-pyrrole nitrogens is 1. The number of aryl methyl sites for hydroxylation is 1. The summed E-state index contributed by atoms with van der Waals surface area (Å²) in [5.41, 5.74) is 2.61. The van der Waals surface area contributed by atoms with E-state index in [4.69, 9.17) is 5.11 Å². The lowest BCUT2D eigenvalue weighted by molar-refractivity contribution is 0.0689. The zero-order valence-corrected chi connectivity index (χ0v) is 14.3. The molecule has 0 aliphatic carbocycles. The summed E-state index contributed by atoms with van der Waals surface area (Å²) in [6.07, 6.45) is 6.12. The van der Waals surface area contributed by atoms with E-state index in [0.29, 0.717) is 18.7 Å². The van der Waals surface area contributed by atoms with E-state index in [1.54, 1.807) is 17.1 Å². The second-order valence-corrected chi connectivity index (χ2v) is 6.68. The zero-order valence-electron chi connectivity index (χ0n) is 14.3. The molecule has 4 rings (SSSR count). The van der Waals surface area contributed by atoms with Gasteiger partial charge >= 0.3 is 5.97 Å². The van der Waals surface area contributed by atoms with Crippen LogP contribution in [0.2, 0.25) is 0 Å². The molecular formula is C18H19N5O3. The largest absolute Gasteiger partial charge is 0.478 e. The van der Waals surface area contributed by atoms with Crippen molar-refractivity contribution < 1.29 is 14.7 Å². The van der Waals surface area contributed by atoms with Gasteiger partial charge in [0.2, 0.25) is 0 Å². The maximum atomic E-state index is 13.0. The fourth-order valence-corrected chi connectivity index (χ4v) is 3.53. The van der Waals surface area contributed by atoms with Gasteiger partial charge in [-0.05, 0) is 37.5 Å². The number of benzene rings is 1. The molecule has 0 saturated carbocycles. The van der Waals surface area contributed by atoms with Crippen molar-refractivity contribution in [3.8, 4) is 0 Å². The number of aromatic nitrogens is 4. The molecule has 1 saturated heterocycles. The number of hydrogen-bond donors (Lipinski definition) is 2. The minimum absolute atomic E-state index is 0.00640. The number of nitrogens with zero attached hydrogens (tertiary/aromatic N) is 4. The molecule has 2 aromatic heterocycles. The van der Waals surface area contributed by atoms with Crippen LogP contribution in [0.25, 0.3) is 10.9 Å². The van der Waals surface area contributed by atoms with Crippen molar-refractivity contribution in [3.63, 3.8) is 0 Å². The molecule has 1 amide bonds. The molecule has 3 aromatic rings. The van der Waals surface area contributed by atoms with E-state index < -0.39 is 5.97 Å². The molecule has 8 nitrogen and oxygen atoms in total. The number of carbonyl (C=O) groups excluding carboxylic acids is 1. The van der Waals surface area contributed by atoms with E-state index >= 15 is 0 Å². The van der Waals surface area contributed by atoms with Crippen molar-refractivity contribution in [1.82, 2.24) is 24.9 Å². The van der Waals surface area contributed by atoms with Gasteiger partial charge in [0.25, 0.3) is 5.91 Å². The summed E-state index contributed by atoms with van der Waals surface area (Å²) in [5.74, 6) is -0.986. The lowest BCUT2D eigenvalue weighted by Crippen LogP contribution is -2.39. The number of carbonyl (C=O) groups is 2. The van der Waals surface area contributed by atoms with E-state index in [0.717, 1.165) is 29.3 Å². The second kappa shape index (κ2) is 6.29. The van der Waals surface area contributed by atoms with Crippen molar-refractivity contribution in [2.24, 2.45) is 0 Å². The van der Waals surface area contributed by atoms with Crippen LogP contribution in [0.3, 0.4) is 0 Å². The molecule has 3 heterocycles. The molecule has 1 fully saturated rings. The van der Waals surface area contributed by atoms with E-state index in [2.05, 4.69) is 15.3 Å². The second-order valence-electron chi connectivity index (χ2n) is 6.68. The smallest absolute Gasteiger partial charge is 0.338 e. The van der Waals surface area contributed by atoms with Crippen LogP contribution in [0, 0.1) is 6.92 Å². The molecule has 0 unspecified atom stereocenters. The van der Waals surface area contributed by atoms with Crippen molar-refractivity contribution in [1.29, 1.82) is 0 Å². The number of likely N-dealkylation sites (tertiary alicyclic amines) is 1. The first kappa shape index (κ1) is 16.3. The summed E-state index contributed by atoms with van der Waals surface area (Å²) in [5, 5.41) is 21.1. The number of carboxylic acid groups (broad SMARTS) is 1. The first-order valence-electron chi connectivity index (χ1n) is 8.53. The van der Waals surface area contributed by atoms with Gasteiger partial charge in [0.15, 0.2) is 0 Å². The van der Waals surface area contributed by atoms with Crippen molar-refractivity contribution in [2.75, 3.05) is 13.1 Å². The van der Waals surface area contributed by atoms with Gasteiger partial charge in [0.05, 0.1) is 35.1 Å². The SMILES string of the molecule is Cc1cc(C(=O)N2CCC(n3cc(C(=O)O)cn3)CC2)c2[nH]ncc2c1. The Kier molecular flexibility index (Phi) is 3.95. The molecule has 0 bridgehead atoms. The summed E-state index contributed by atoms with van der Waals surface area (Å²) in [4.78, 5) is 25.8. The molecule has 8 heteroatoms. The fraction of sp³-hybridized carbons (Fsp3) is 0.333. The summed E-state index contributed by atoms with van der Waals surface area (Å²) in [7, 11) is 0. The van der Waals surface area contributed by atoms with Gasteiger partial charge in [-0.25, -0.2) is 4.79 Å². The average molecular weight is 353 g/mol. The van der Waals surface area contributed by atoms with Crippen LogP contribution in [0.15, 0.2) is 30.7 Å². The van der Waals surface area contributed by atoms with Gasteiger partial charge in [-0.15, -0.1) is 0 Å². The minimum Gasteiger partial charge on any atom is -0.478 e. The number of fused-ring (bicyclic) bond motifs is 1. The van der Waals surface area contributed by atoms with Crippen molar-refractivity contribution in [2.45, 2.75) is 25.8 Å².